The van der Waals surface area contributed by atoms with Crippen molar-refractivity contribution in [3.63, 3.8) is 0 Å². The summed E-state index contributed by atoms with van der Waals surface area (Å²) in [7, 11) is 1.33. The van der Waals surface area contributed by atoms with E-state index in [2.05, 4.69) is 0 Å². The Hall–Kier alpha value is -3.49. The average Bonchev–Trinajstić information content (AvgIpc) is 3.18. The molecule has 2 aromatic carbocycles. The Kier molecular flexibility index (Phi) is 8.04. The first-order valence-electron chi connectivity index (χ1n) is 12.7. The summed E-state index contributed by atoms with van der Waals surface area (Å²) in [5, 5.41) is 0. The molecule has 0 saturated carbocycles. The number of hydrogen-bond donors (Lipinski definition) is 0. The standard InChI is InChI=1S/C29H32F3NO5/c1-29(2,3)38-28(35)33-19-11-14-23(33)24(27(34)36-4)20(16-19)18-9-7-17(8-10-18)6-5-15-37-26-22(31)13-12-21(30)25(26)32/h7-10,12-13,19,23H,5-6,11,14-16H2,1-4H3. The first-order chi connectivity index (χ1) is 18.0. The third kappa shape index (κ3) is 5.81. The zero-order valence-corrected chi connectivity index (χ0v) is 22.0. The Morgan fingerprint density at radius 3 is 2.34 bits per heavy atom. The van der Waals surface area contributed by atoms with E-state index in [1.807, 2.05) is 45.0 Å². The van der Waals surface area contributed by atoms with Crippen molar-refractivity contribution in [1.29, 1.82) is 0 Å². The Morgan fingerprint density at radius 2 is 1.68 bits per heavy atom. The van der Waals surface area contributed by atoms with E-state index >= 15 is 0 Å². The van der Waals surface area contributed by atoms with E-state index in [0.29, 0.717) is 37.3 Å². The number of fused-ring (bicyclic) bond motifs is 2. The van der Waals surface area contributed by atoms with Gasteiger partial charge in [-0.25, -0.2) is 18.4 Å². The molecule has 38 heavy (non-hydrogen) atoms. The van der Waals surface area contributed by atoms with Crippen LogP contribution in [0.1, 0.15) is 57.6 Å². The Bertz CT molecular complexity index is 1240. The Morgan fingerprint density at radius 1 is 1.00 bits per heavy atom. The lowest BCUT2D eigenvalue weighted by Crippen LogP contribution is -2.48. The summed E-state index contributed by atoms with van der Waals surface area (Å²) in [6.45, 7) is 5.45. The predicted octanol–water partition coefficient (Wildman–Crippen LogP) is 6.21. The van der Waals surface area contributed by atoms with E-state index in [0.717, 1.165) is 29.2 Å². The first kappa shape index (κ1) is 27.5. The molecule has 2 bridgehead atoms. The van der Waals surface area contributed by atoms with Crippen molar-refractivity contribution in [1.82, 2.24) is 4.90 Å². The first-order valence-corrected chi connectivity index (χ1v) is 12.7. The molecule has 2 aromatic rings. The van der Waals surface area contributed by atoms with Crippen LogP contribution in [0.3, 0.4) is 0 Å². The number of carbonyl (C=O) groups excluding carboxylic acids is 2. The Labute approximate surface area is 220 Å². The van der Waals surface area contributed by atoms with E-state index < -0.39 is 46.9 Å². The van der Waals surface area contributed by atoms with Crippen molar-refractivity contribution in [2.45, 2.75) is 70.6 Å². The van der Waals surface area contributed by atoms with Crippen molar-refractivity contribution < 1.29 is 37.0 Å². The van der Waals surface area contributed by atoms with Gasteiger partial charge in [-0.2, -0.15) is 4.39 Å². The second-order valence-corrected chi connectivity index (χ2v) is 10.5. The third-order valence-electron chi connectivity index (χ3n) is 6.77. The molecular formula is C29H32F3NO5. The highest BCUT2D eigenvalue weighted by molar-refractivity contribution is 6.00. The molecule has 2 unspecified atom stereocenters. The second kappa shape index (κ2) is 11.1. The zero-order chi connectivity index (χ0) is 27.6. The largest absolute Gasteiger partial charge is 0.488 e. The smallest absolute Gasteiger partial charge is 0.411 e. The number of halogens is 3. The zero-order valence-electron chi connectivity index (χ0n) is 22.0. The summed E-state index contributed by atoms with van der Waals surface area (Å²) in [6.07, 6.45) is 2.53. The van der Waals surface area contributed by atoms with Gasteiger partial charge in [0.05, 0.1) is 25.3 Å². The molecule has 2 aliphatic heterocycles. The molecule has 2 heterocycles. The molecule has 1 saturated heterocycles. The quantitative estimate of drug-likeness (QED) is 0.241. The lowest BCUT2D eigenvalue weighted by Gasteiger charge is -2.38. The third-order valence-corrected chi connectivity index (χ3v) is 6.77. The minimum absolute atomic E-state index is 0.0144. The molecular weight excluding hydrogens is 499 g/mol. The number of rotatable bonds is 7. The maximum atomic E-state index is 13.7. The van der Waals surface area contributed by atoms with Crippen LogP contribution in [0.25, 0.3) is 5.57 Å². The summed E-state index contributed by atoms with van der Waals surface area (Å²) in [6, 6.07) is 8.74. The molecule has 0 aliphatic carbocycles. The molecule has 1 amide bonds. The summed E-state index contributed by atoms with van der Waals surface area (Å²) in [5.74, 6) is -4.62. The SMILES string of the molecule is COC(=O)C1=C(c2ccc(CCCOc3c(F)ccc(F)c3F)cc2)CC2CCC1N2C(=O)OC(C)(C)C. The molecule has 0 N–H and O–H groups in total. The van der Waals surface area contributed by atoms with Crippen molar-refractivity contribution in [3.8, 4) is 5.75 Å². The number of methoxy groups -OCH3 is 1. The van der Waals surface area contributed by atoms with Gasteiger partial charge in [-0.05, 0) is 81.7 Å². The van der Waals surface area contributed by atoms with Gasteiger partial charge in [0.2, 0.25) is 5.82 Å². The topological polar surface area (TPSA) is 65.1 Å². The number of nitrogens with zero attached hydrogens (tertiary/aromatic N) is 1. The summed E-state index contributed by atoms with van der Waals surface area (Å²) >= 11 is 0. The molecule has 2 aliphatic rings. The fraction of sp³-hybridized carbons (Fsp3) is 0.448. The molecule has 4 rings (SSSR count). The number of aryl methyl sites for hydroxylation is 1. The fourth-order valence-electron chi connectivity index (χ4n) is 5.11. The van der Waals surface area contributed by atoms with Gasteiger partial charge in [-0.3, -0.25) is 4.90 Å². The molecule has 0 spiro atoms. The van der Waals surface area contributed by atoms with Crippen molar-refractivity contribution in [3.05, 3.63) is 70.5 Å². The summed E-state index contributed by atoms with van der Waals surface area (Å²) < 4.78 is 56.6. The highest BCUT2D eigenvalue weighted by atomic mass is 19.2. The van der Waals surface area contributed by atoms with Crippen LogP contribution in [0.5, 0.6) is 5.75 Å². The van der Waals surface area contributed by atoms with E-state index in [-0.39, 0.29) is 12.6 Å². The van der Waals surface area contributed by atoms with Gasteiger partial charge < -0.3 is 14.2 Å². The van der Waals surface area contributed by atoms with Crippen LogP contribution < -0.4 is 4.74 Å². The average molecular weight is 532 g/mol. The molecule has 1 fully saturated rings. The second-order valence-electron chi connectivity index (χ2n) is 10.5. The maximum absolute atomic E-state index is 13.7. The van der Waals surface area contributed by atoms with Crippen LogP contribution in [-0.2, 0) is 20.7 Å². The van der Waals surface area contributed by atoms with E-state index in [4.69, 9.17) is 14.2 Å². The van der Waals surface area contributed by atoms with Crippen molar-refractivity contribution >= 4 is 17.6 Å². The highest BCUT2D eigenvalue weighted by Crippen LogP contribution is 2.44. The fourth-order valence-corrected chi connectivity index (χ4v) is 5.11. The molecule has 204 valence electrons. The Balaban J connectivity index is 1.46. The molecule has 0 radical (unpaired) electrons. The lowest BCUT2D eigenvalue weighted by atomic mass is 9.88. The number of hydrogen-bond acceptors (Lipinski definition) is 5. The van der Waals surface area contributed by atoms with Crippen LogP contribution in [0, 0.1) is 17.5 Å². The molecule has 2 atom stereocenters. The van der Waals surface area contributed by atoms with Gasteiger partial charge >= 0.3 is 12.1 Å². The van der Waals surface area contributed by atoms with E-state index in [9.17, 15) is 22.8 Å². The van der Waals surface area contributed by atoms with Crippen LogP contribution in [-0.4, -0.2) is 48.4 Å². The number of amides is 1. The van der Waals surface area contributed by atoms with Crippen LogP contribution >= 0.6 is 0 Å². The summed E-state index contributed by atoms with van der Waals surface area (Å²) in [5.41, 5.74) is 2.53. The van der Waals surface area contributed by atoms with Gasteiger partial charge in [0.25, 0.3) is 0 Å². The van der Waals surface area contributed by atoms with Crippen molar-refractivity contribution in [2.75, 3.05) is 13.7 Å². The number of ether oxygens (including phenoxy) is 3. The highest BCUT2D eigenvalue weighted by Gasteiger charge is 2.47. The van der Waals surface area contributed by atoms with Gasteiger partial charge in [-0.15, -0.1) is 0 Å². The number of benzene rings is 2. The van der Waals surface area contributed by atoms with Crippen LogP contribution in [0.4, 0.5) is 18.0 Å². The van der Waals surface area contributed by atoms with Gasteiger partial charge in [0.1, 0.15) is 5.60 Å². The molecule has 9 heteroatoms. The van der Waals surface area contributed by atoms with Gasteiger partial charge in [-0.1, -0.05) is 24.3 Å². The van der Waals surface area contributed by atoms with E-state index in [1.54, 1.807) is 4.90 Å². The van der Waals surface area contributed by atoms with Gasteiger partial charge in [0, 0.05) is 6.04 Å². The molecule has 6 nitrogen and oxygen atoms in total. The van der Waals surface area contributed by atoms with Crippen LogP contribution in [0.2, 0.25) is 0 Å². The van der Waals surface area contributed by atoms with E-state index in [1.165, 1.54) is 7.11 Å². The minimum Gasteiger partial charge on any atom is -0.488 e. The molecule has 0 aromatic heterocycles. The maximum Gasteiger partial charge on any atom is 0.411 e. The summed E-state index contributed by atoms with van der Waals surface area (Å²) in [4.78, 5) is 27.5. The monoisotopic (exact) mass is 531 g/mol. The number of carbonyl (C=O) groups is 2. The predicted molar refractivity (Wildman–Crippen MR) is 135 cm³/mol. The van der Waals surface area contributed by atoms with Crippen LogP contribution in [0.15, 0.2) is 42.0 Å². The van der Waals surface area contributed by atoms with Gasteiger partial charge in [0.15, 0.2) is 17.4 Å². The lowest BCUT2D eigenvalue weighted by molar-refractivity contribution is -0.136. The van der Waals surface area contributed by atoms with Crippen molar-refractivity contribution in [2.24, 2.45) is 0 Å². The number of esters is 1. The minimum atomic E-state index is -1.34. The normalized spacial score (nSPS) is 19.0.